The molecule has 0 saturated heterocycles. The van der Waals surface area contributed by atoms with Gasteiger partial charge in [-0.25, -0.2) is 0 Å². The summed E-state index contributed by atoms with van der Waals surface area (Å²) in [5, 5.41) is 8.75. The number of carboxylic acids is 1. The zero-order valence-electron chi connectivity index (χ0n) is 10.1. The van der Waals surface area contributed by atoms with E-state index in [1.54, 1.807) is 0 Å². The normalized spacial score (nSPS) is 17.9. The fourth-order valence-corrected chi connectivity index (χ4v) is 1.53. The van der Waals surface area contributed by atoms with E-state index in [0.29, 0.717) is 11.0 Å². The van der Waals surface area contributed by atoms with Gasteiger partial charge in [-0.2, -0.15) is 0 Å². The predicted octanol–water partition coefficient (Wildman–Crippen LogP) is 0.489. The Balaban J connectivity index is 2.48. The molecular weight excluding hydrogens is 210 g/mol. The summed E-state index contributed by atoms with van der Waals surface area (Å²) in [7, 11) is 5.83. The molecule has 1 aliphatic rings. The van der Waals surface area contributed by atoms with Crippen LogP contribution in [0.1, 0.15) is 19.3 Å². The number of aliphatic carboxylic acids is 1. The third-order valence-corrected chi connectivity index (χ3v) is 2.35. The fourth-order valence-electron chi connectivity index (χ4n) is 1.53. The minimum atomic E-state index is -0.929. The maximum atomic E-state index is 11.5. The van der Waals surface area contributed by atoms with Crippen LogP contribution in [0, 0.1) is 5.92 Å². The molecule has 92 valence electrons. The molecule has 1 rings (SSSR count). The van der Waals surface area contributed by atoms with Crippen LogP contribution in [0.3, 0.4) is 0 Å². The predicted molar refractivity (Wildman–Crippen MR) is 57.8 cm³/mol. The van der Waals surface area contributed by atoms with Crippen LogP contribution in [0.25, 0.3) is 0 Å². The Bertz CT molecular complexity index is 278. The average Bonchev–Trinajstić information content (AvgIpc) is 2.79. The molecule has 1 fully saturated rings. The minimum absolute atomic E-state index is 0.0174. The number of hydrogen-bond acceptors (Lipinski definition) is 3. The molecule has 0 aromatic rings. The van der Waals surface area contributed by atoms with Crippen molar-refractivity contribution in [3.63, 3.8) is 0 Å². The number of esters is 1. The maximum absolute atomic E-state index is 11.5. The lowest BCUT2D eigenvalue weighted by molar-refractivity contribution is -0.873. The van der Waals surface area contributed by atoms with Gasteiger partial charge in [0, 0.05) is 0 Å². The Labute approximate surface area is 95.6 Å². The van der Waals surface area contributed by atoms with Crippen LogP contribution in [-0.2, 0) is 14.3 Å². The highest BCUT2D eigenvalue weighted by atomic mass is 16.5. The molecule has 0 heterocycles. The Morgan fingerprint density at radius 1 is 1.38 bits per heavy atom. The summed E-state index contributed by atoms with van der Waals surface area (Å²) in [6.45, 7) is 0.519. The third kappa shape index (κ3) is 5.11. The number of carboxylic acid groups (broad SMARTS) is 1. The first kappa shape index (κ1) is 13.0. The lowest BCUT2D eigenvalue weighted by Crippen LogP contribution is -2.44. The van der Waals surface area contributed by atoms with Crippen LogP contribution in [0.2, 0.25) is 0 Å². The molecule has 1 atom stereocenters. The molecule has 0 radical (unpaired) electrons. The van der Waals surface area contributed by atoms with Gasteiger partial charge < -0.3 is 14.3 Å². The molecule has 1 aliphatic carbocycles. The van der Waals surface area contributed by atoms with E-state index in [1.807, 2.05) is 21.1 Å². The highest BCUT2D eigenvalue weighted by Gasteiger charge is 2.34. The van der Waals surface area contributed by atoms with Crippen molar-refractivity contribution in [2.24, 2.45) is 5.92 Å². The zero-order chi connectivity index (χ0) is 12.3. The monoisotopic (exact) mass is 230 g/mol. The lowest BCUT2D eigenvalue weighted by Gasteiger charge is -2.28. The molecule has 1 N–H and O–H groups in total. The highest BCUT2D eigenvalue weighted by Crippen LogP contribution is 2.30. The van der Waals surface area contributed by atoms with Gasteiger partial charge in [0.05, 0.1) is 33.5 Å². The van der Waals surface area contributed by atoms with Crippen LogP contribution in [0.15, 0.2) is 0 Å². The fraction of sp³-hybridized carbons (Fsp3) is 0.818. The van der Waals surface area contributed by atoms with E-state index in [2.05, 4.69) is 0 Å². The second-order valence-corrected chi connectivity index (χ2v) is 5.40. The lowest BCUT2D eigenvalue weighted by atomic mass is 10.2. The van der Waals surface area contributed by atoms with Gasteiger partial charge in [-0.3, -0.25) is 9.59 Å². The van der Waals surface area contributed by atoms with Gasteiger partial charge in [0.2, 0.25) is 0 Å². The number of hydrogen-bond donors (Lipinski definition) is 1. The van der Waals surface area contributed by atoms with Gasteiger partial charge in [0.25, 0.3) is 0 Å². The van der Waals surface area contributed by atoms with Crippen LogP contribution >= 0.6 is 0 Å². The Morgan fingerprint density at radius 2 is 1.94 bits per heavy atom. The molecule has 0 spiro atoms. The zero-order valence-corrected chi connectivity index (χ0v) is 10.1. The molecule has 1 saturated carbocycles. The van der Waals surface area contributed by atoms with E-state index >= 15 is 0 Å². The van der Waals surface area contributed by atoms with Crippen molar-refractivity contribution in [1.29, 1.82) is 0 Å². The van der Waals surface area contributed by atoms with Crippen molar-refractivity contribution in [1.82, 2.24) is 0 Å². The quantitative estimate of drug-likeness (QED) is 0.533. The third-order valence-electron chi connectivity index (χ3n) is 2.35. The van der Waals surface area contributed by atoms with Gasteiger partial charge in [0.1, 0.15) is 6.54 Å². The largest absolute Gasteiger partial charge is 0.481 e. The Morgan fingerprint density at radius 3 is 2.31 bits per heavy atom. The number of likely N-dealkylation sites (N-methyl/N-ethyl adjacent to an activating group) is 1. The first-order valence-electron chi connectivity index (χ1n) is 5.50. The van der Waals surface area contributed by atoms with E-state index in [4.69, 9.17) is 9.84 Å². The average molecular weight is 230 g/mol. The van der Waals surface area contributed by atoms with Crippen molar-refractivity contribution in [2.45, 2.75) is 25.4 Å². The summed E-state index contributed by atoms with van der Waals surface area (Å²) in [6.07, 6.45) is 1.12. The summed E-state index contributed by atoms with van der Waals surface area (Å²) in [5.74, 6) is -1.15. The van der Waals surface area contributed by atoms with E-state index < -0.39 is 12.1 Å². The highest BCUT2D eigenvalue weighted by molar-refractivity contribution is 5.75. The van der Waals surface area contributed by atoms with E-state index in [0.717, 1.165) is 12.8 Å². The summed E-state index contributed by atoms with van der Waals surface area (Å²) in [6, 6.07) is 0. The number of carbonyl (C=O) groups is 2. The SMILES string of the molecule is C[N+](C)(C)C[C@@H](CC(=O)O)OC(=O)C1CC1. The van der Waals surface area contributed by atoms with Crippen molar-refractivity contribution in [3.8, 4) is 0 Å². The van der Waals surface area contributed by atoms with Gasteiger partial charge in [-0.15, -0.1) is 0 Å². The van der Waals surface area contributed by atoms with Crippen molar-refractivity contribution in [2.75, 3.05) is 27.7 Å². The second-order valence-electron chi connectivity index (χ2n) is 5.40. The molecule has 0 aliphatic heterocycles. The summed E-state index contributed by atoms with van der Waals surface area (Å²) in [5.41, 5.74) is 0. The van der Waals surface area contributed by atoms with Gasteiger partial charge in [0.15, 0.2) is 6.10 Å². The van der Waals surface area contributed by atoms with Crippen molar-refractivity contribution < 1.29 is 23.9 Å². The van der Waals surface area contributed by atoms with Crippen molar-refractivity contribution >= 4 is 11.9 Å². The summed E-state index contributed by atoms with van der Waals surface area (Å²) < 4.78 is 5.81. The maximum Gasteiger partial charge on any atom is 0.309 e. The topological polar surface area (TPSA) is 63.6 Å². The van der Waals surface area contributed by atoms with E-state index in [9.17, 15) is 9.59 Å². The van der Waals surface area contributed by atoms with Crippen LogP contribution in [-0.4, -0.2) is 55.3 Å². The molecular formula is C11H20NO4+. The van der Waals surface area contributed by atoms with Crippen molar-refractivity contribution in [3.05, 3.63) is 0 Å². The Kier molecular flexibility index (Phi) is 3.91. The van der Waals surface area contributed by atoms with Crippen LogP contribution in [0.5, 0.6) is 0 Å². The number of quaternary nitrogens is 1. The molecule has 16 heavy (non-hydrogen) atoms. The molecule has 0 unspecified atom stereocenters. The Hall–Kier alpha value is -1.10. The number of rotatable bonds is 6. The first-order chi connectivity index (χ1) is 7.28. The number of carbonyl (C=O) groups excluding carboxylic acids is 1. The molecule has 5 heteroatoms. The van der Waals surface area contributed by atoms with E-state index in [1.165, 1.54) is 0 Å². The van der Waals surface area contributed by atoms with Gasteiger partial charge in [-0.05, 0) is 12.8 Å². The number of nitrogens with zero attached hydrogens (tertiary/aromatic N) is 1. The van der Waals surface area contributed by atoms with E-state index in [-0.39, 0.29) is 18.3 Å². The van der Waals surface area contributed by atoms with Gasteiger partial charge >= 0.3 is 11.9 Å². The number of ether oxygens (including phenoxy) is 1. The van der Waals surface area contributed by atoms with Crippen LogP contribution < -0.4 is 0 Å². The molecule has 0 bridgehead atoms. The molecule has 5 nitrogen and oxygen atoms in total. The smallest absolute Gasteiger partial charge is 0.309 e. The standard InChI is InChI=1S/C11H19NO4/c1-12(2,3)7-9(6-10(13)14)16-11(15)8-4-5-8/h8-9H,4-7H2,1-3H3/p+1/t9-/m1/s1. The summed E-state index contributed by atoms with van der Waals surface area (Å²) >= 11 is 0. The molecule has 0 aromatic heterocycles. The second kappa shape index (κ2) is 4.82. The van der Waals surface area contributed by atoms with Crippen LogP contribution in [0.4, 0.5) is 0 Å². The molecule has 0 aromatic carbocycles. The molecule has 0 amide bonds. The first-order valence-corrected chi connectivity index (χ1v) is 5.50. The minimum Gasteiger partial charge on any atom is -0.481 e. The summed E-state index contributed by atoms with van der Waals surface area (Å²) in [4.78, 5) is 22.1. The van der Waals surface area contributed by atoms with Gasteiger partial charge in [-0.1, -0.05) is 0 Å².